The van der Waals surface area contributed by atoms with Gasteiger partial charge in [-0.15, -0.1) is 0 Å². The molecule has 0 saturated carbocycles. The van der Waals surface area contributed by atoms with E-state index in [-0.39, 0.29) is 16.8 Å². The van der Waals surface area contributed by atoms with Crippen LogP contribution in [-0.2, 0) is 4.74 Å². The fraction of sp³-hybridized carbons (Fsp3) is 0.125. The highest BCUT2D eigenvalue weighted by Gasteiger charge is 2.22. The van der Waals surface area contributed by atoms with Crippen molar-refractivity contribution in [1.82, 2.24) is 4.98 Å². The first-order valence-electron chi connectivity index (χ1n) is 6.35. The van der Waals surface area contributed by atoms with Crippen molar-refractivity contribution in [1.29, 1.82) is 0 Å². The number of nitrogens with zero attached hydrogens (tertiary/aromatic N) is 1. The van der Waals surface area contributed by atoms with Crippen molar-refractivity contribution in [2.45, 2.75) is 6.92 Å². The molecule has 0 aliphatic heterocycles. The summed E-state index contributed by atoms with van der Waals surface area (Å²) >= 11 is 0. The van der Waals surface area contributed by atoms with Gasteiger partial charge < -0.3 is 10.5 Å². The van der Waals surface area contributed by atoms with Crippen molar-refractivity contribution in [3.8, 4) is 11.1 Å². The Bertz CT molecular complexity index is 773. The van der Waals surface area contributed by atoms with Gasteiger partial charge in [-0.2, -0.15) is 4.39 Å². The van der Waals surface area contributed by atoms with Crippen LogP contribution in [0.25, 0.3) is 16.7 Å². The van der Waals surface area contributed by atoms with Crippen LogP contribution in [0.4, 0.5) is 14.5 Å². The van der Waals surface area contributed by atoms with Gasteiger partial charge in [-0.3, -0.25) is 0 Å². The molecule has 0 spiro atoms. The molecule has 4 nitrogen and oxygen atoms in total. The lowest BCUT2D eigenvalue weighted by molar-refractivity contribution is 0.0595. The van der Waals surface area contributed by atoms with Crippen LogP contribution >= 0.6 is 0 Å². The van der Waals surface area contributed by atoms with Crippen LogP contribution in [0, 0.1) is 11.8 Å². The number of anilines is 1. The number of rotatable bonds is 3. The first-order valence-corrected chi connectivity index (χ1v) is 6.35. The van der Waals surface area contributed by atoms with Crippen molar-refractivity contribution >= 4 is 17.2 Å². The van der Waals surface area contributed by atoms with Crippen LogP contribution < -0.4 is 5.73 Å². The molecule has 22 heavy (non-hydrogen) atoms. The van der Waals surface area contributed by atoms with E-state index in [1.165, 1.54) is 18.3 Å². The Labute approximate surface area is 126 Å². The number of ether oxygens (including phenoxy) is 1. The average Bonchev–Trinajstić information content (AvgIpc) is 2.46. The van der Waals surface area contributed by atoms with E-state index in [2.05, 4.69) is 16.3 Å². The SMILES string of the molecule is C=C(C)c1c(N)c(-c2ccnc(F)c2)cc(C(=O)OC)c1F. The predicted molar refractivity (Wildman–Crippen MR) is 80.0 cm³/mol. The Morgan fingerprint density at radius 2 is 2.05 bits per heavy atom. The number of carbonyl (C=O) groups excluding carboxylic acids is 1. The fourth-order valence-corrected chi connectivity index (χ4v) is 2.16. The van der Waals surface area contributed by atoms with Gasteiger partial charge in [-0.1, -0.05) is 6.58 Å². The summed E-state index contributed by atoms with van der Waals surface area (Å²) in [5.41, 5.74) is 6.80. The summed E-state index contributed by atoms with van der Waals surface area (Å²) in [7, 11) is 1.14. The minimum atomic E-state index is -0.851. The highest BCUT2D eigenvalue weighted by Crippen LogP contribution is 2.36. The molecule has 1 aromatic carbocycles. The summed E-state index contributed by atoms with van der Waals surface area (Å²) in [6.45, 7) is 5.23. The van der Waals surface area contributed by atoms with Gasteiger partial charge in [0.1, 0.15) is 5.82 Å². The van der Waals surface area contributed by atoms with Crippen molar-refractivity contribution < 1.29 is 18.3 Å². The maximum Gasteiger partial charge on any atom is 0.340 e. The van der Waals surface area contributed by atoms with Gasteiger partial charge in [0.2, 0.25) is 5.95 Å². The lowest BCUT2D eigenvalue weighted by Gasteiger charge is -2.15. The molecule has 2 rings (SSSR count). The monoisotopic (exact) mass is 304 g/mol. The number of esters is 1. The standard InChI is InChI=1S/C16H14F2N2O2/c1-8(2)13-14(18)11(16(21)22-3)7-10(15(13)19)9-4-5-20-12(17)6-9/h4-7H,1,19H2,2-3H3. The molecule has 1 aromatic heterocycles. The summed E-state index contributed by atoms with van der Waals surface area (Å²) in [4.78, 5) is 15.2. The van der Waals surface area contributed by atoms with Crippen molar-refractivity contribution in [3.63, 3.8) is 0 Å². The zero-order valence-corrected chi connectivity index (χ0v) is 12.1. The van der Waals surface area contributed by atoms with Crippen molar-refractivity contribution in [2.75, 3.05) is 12.8 Å². The Hall–Kier alpha value is -2.76. The van der Waals surface area contributed by atoms with E-state index in [0.29, 0.717) is 16.7 Å². The number of allylic oxidation sites excluding steroid dienone is 1. The lowest BCUT2D eigenvalue weighted by atomic mass is 9.94. The number of nitrogens with two attached hydrogens (primary N) is 1. The molecule has 0 aliphatic rings. The van der Waals surface area contributed by atoms with Gasteiger partial charge in [0, 0.05) is 29.1 Å². The Morgan fingerprint density at radius 1 is 1.36 bits per heavy atom. The lowest BCUT2D eigenvalue weighted by Crippen LogP contribution is -2.10. The minimum Gasteiger partial charge on any atom is -0.465 e. The molecule has 0 aliphatic carbocycles. The van der Waals surface area contributed by atoms with E-state index in [4.69, 9.17) is 5.73 Å². The van der Waals surface area contributed by atoms with E-state index in [1.807, 2.05) is 0 Å². The van der Waals surface area contributed by atoms with Gasteiger partial charge in [0.05, 0.1) is 12.7 Å². The van der Waals surface area contributed by atoms with Gasteiger partial charge >= 0.3 is 5.97 Å². The molecule has 114 valence electrons. The molecule has 6 heteroatoms. The molecule has 0 amide bonds. The molecule has 0 atom stereocenters. The molecule has 0 radical (unpaired) electrons. The molecule has 0 bridgehead atoms. The van der Waals surface area contributed by atoms with E-state index in [9.17, 15) is 13.6 Å². The number of carbonyl (C=O) groups is 1. The van der Waals surface area contributed by atoms with E-state index in [1.54, 1.807) is 6.92 Å². The maximum atomic E-state index is 14.5. The number of hydrogen-bond acceptors (Lipinski definition) is 4. The normalized spacial score (nSPS) is 10.4. The molecule has 0 saturated heterocycles. The Morgan fingerprint density at radius 3 is 2.59 bits per heavy atom. The van der Waals surface area contributed by atoms with E-state index in [0.717, 1.165) is 13.2 Å². The van der Waals surface area contributed by atoms with Crippen LogP contribution in [0.15, 0.2) is 31.0 Å². The van der Waals surface area contributed by atoms with Crippen LogP contribution in [0.3, 0.4) is 0 Å². The van der Waals surface area contributed by atoms with E-state index >= 15 is 0 Å². The van der Waals surface area contributed by atoms with Crippen molar-refractivity contribution in [3.05, 3.63) is 53.9 Å². The highest BCUT2D eigenvalue weighted by molar-refractivity contribution is 5.97. The third kappa shape index (κ3) is 2.67. The average molecular weight is 304 g/mol. The molecular weight excluding hydrogens is 290 g/mol. The summed E-state index contributed by atoms with van der Waals surface area (Å²) in [5.74, 6) is -2.37. The zero-order chi connectivity index (χ0) is 16.4. The number of pyridine rings is 1. The smallest absolute Gasteiger partial charge is 0.340 e. The predicted octanol–water partition coefficient (Wildman–Crippen LogP) is 3.43. The maximum absolute atomic E-state index is 14.5. The number of benzene rings is 1. The second-order valence-electron chi connectivity index (χ2n) is 4.71. The van der Waals surface area contributed by atoms with Gasteiger partial charge in [0.15, 0.2) is 0 Å². The third-order valence-corrected chi connectivity index (χ3v) is 3.17. The molecule has 2 aromatic rings. The fourth-order valence-electron chi connectivity index (χ4n) is 2.16. The topological polar surface area (TPSA) is 65.2 Å². The number of nitrogen functional groups attached to an aromatic ring is 1. The molecular formula is C16H14F2N2O2. The Kier molecular flexibility index (Phi) is 4.21. The summed E-state index contributed by atoms with van der Waals surface area (Å²) < 4.78 is 32.4. The molecule has 1 heterocycles. The van der Waals surface area contributed by atoms with Crippen LogP contribution in [0.2, 0.25) is 0 Å². The quantitative estimate of drug-likeness (QED) is 0.536. The van der Waals surface area contributed by atoms with Gasteiger partial charge in [-0.25, -0.2) is 14.2 Å². The number of hydrogen-bond donors (Lipinski definition) is 1. The van der Waals surface area contributed by atoms with Gasteiger partial charge in [0.25, 0.3) is 0 Å². The van der Waals surface area contributed by atoms with Crippen LogP contribution in [-0.4, -0.2) is 18.1 Å². The third-order valence-electron chi connectivity index (χ3n) is 3.17. The van der Waals surface area contributed by atoms with Gasteiger partial charge in [-0.05, 0) is 30.2 Å². The second-order valence-corrected chi connectivity index (χ2v) is 4.71. The first kappa shape index (κ1) is 15.6. The zero-order valence-electron chi connectivity index (χ0n) is 12.1. The van der Waals surface area contributed by atoms with E-state index < -0.39 is 17.7 Å². The number of halogens is 2. The summed E-state index contributed by atoms with van der Waals surface area (Å²) in [6.07, 6.45) is 1.26. The minimum absolute atomic E-state index is 0.00937. The largest absolute Gasteiger partial charge is 0.465 e. The summed E-state index contributed by atoms with van der Waals surface area (Å²) in [6, 6.07) is 3.89. The van der Waals surface area contributed by atoms with Crippen LogP contribution in [0.1, 0.15) is 22.8 Å². The second kappa shape index (κ2) is 5.93. The number of aromatic nitrogens is 1. The highest BCUT2D eigenvalue weighted by atomic mass is 19.1. The molecule has 0 fully saturated rings. The first-order chi connectivity index (χ1) is 10.4. The van der Waals surface area contributed by atoms with Crippen LogP contribution in [0.5, 0.6) is 0 Å². The van der Waals surface area contributed by atoms with Crippen molar-refractivity contribution in [2.24, 2.45) is 0 Å². The Balaban J connectivity index is 2.82. The number of methoxy groups -OCH3 is 1. The summed E-state index contributed by atoms with van der Waals surface area (Å²) in [5, 5.41) is 0. The molecule has 2 N–H and O–H groups in total. The molecule has 0 unspecified atom stereocenters.